The number of hydrogen-bond acceptors (Lipinski definition) is 15. The summed E-state index contributed by atoms with van der Waals surface area (Å²) >= 11 is 0. The SMILES string of the molecule is CCCCCCCCCCCCCCCCCCCC(=O)OC[C@H](COP(=O)(O)OC[C@@H](O)COP(=O)(O)OC[C@@H](COC(=O)CCCCCCCCCC(C)C)OC(=O)CCCCCCCCCCCCCCC(C)C)OC(=O)CCCCCCCCCCCCCCCCCCCCC(C)CC. The second-order valence-corrected chi connectivity index (χ2v) is 34.7. The number of hydrogen-bond donors (Lipinski definition) is 3. The van der Waals surface area contributed by atoms with Crippen LogP contribution in [-0.4, -0.2) is 96.7 Å². The van der Waals surface area contributed by atoms with Gasteiger partial charge in [0.05, 0.1) is 26.4 Å². The summed E-state index contributed by atoms with van der Waals surface area (Å²) in [7, 11) is -9.93. The highest BCUT2D eigenvalue weighted by atomic mass is 31.2. The number of esters is 4. The van der Waals surface area contributed by atoms with E-state index >= 15 is 0 Å². The van der Waals surface area contributed by atoms with Gasteiger partial charge in [0, 0.05) is 25.7 Å². The minimum atomic E-state index is -4.97. The van der Waals surface area contributed by atoms with E-state index in [1.54, 1.807) is 0 Å². The van der Waals surface area contributed by atoms with E-state index in [0.29, 0.717) is 31.6 Å². The predicted octanol–water partition coefficient (Wildman–Crippen LogP) is 25.7. The summed E-state index contributed by atoms with van der Waals surface area (Å²) in [4.78, 5) is 73.2. The first-order valence-electron chi connectivity index (χ1n) is 43.9. The van der Waals surface area contributed by atoms with Crippen molar-refractivity contribution >= 4 is 39.5 Å². The molecular formula is C85H166O17P2. The molecule has 0 heterocycles. The maximum atomic E-state index is 13.1. The van der Waals surface area contributed by atoms with E-state index in [9.17, 15) is 43.2 Å². The number of phosphoric acid groups is 2. The molecule has 0 aliphatic carbocycles. The standard InChI is InChI=1S/C85H166O17P2/c1-8-10-11-12-13-14-15-16-17-20-24-27-33-38-45-52-59-66-82(87)95-72-80(101-84(89)68-61-54-46-39-34-28-25-22-19-18-21-23-26-32-37-44-51-58-65-78(7)9-2)74-99-103(91,92)97-70-79(86)71-98-104(93,94)100-75-81(73-96-83(88)67-60-53-48-41-43-50-57-64-77(5)6)102-85(90)69-62-55-47-40-35-30-29-31-36-42-49-56-63-76(3)4/h76-81,86H,8-75H2,1-7H3,(H,91,92)(H,93,94)/t78?,79-,80-,81-/m1/s1. The molecule has 0 aromatic heterocycles. The summed E-state index contributed by atoms with van der Waals surface area (Å²) in [6.45, 7) is 12.0. The van der Waals surface area contributed by atoms with Gasteiger partial charge >= 0.3 is 39.5 Å². The van der Waals surface area contributed by atoms with E-state index < -0.39 is 97.5 Å². The summed E-state index contributed by atoms with van der Waals surface area (Å²) in [5.74, 6) is 0.246. The van der Waals surface area contributed by atoms with E-state index in [0.717, 1.165) is 108 Å². The van der Waals surface area contributed by atoms with Crippen molar-refractivity contribution in [2.45, 2.75) is 465 Å². The zero-order valence-corrected chi connectivity index (χ0v) is 70.3. The Morgan fingerprint density at radius 1 is 0.279 bits per heavy atom. The maximum absolute atomic E-state index is 13.1. The third-order valence-corrected chi connectivity index (χ3v) is 22.1. The molecule has 0 rings (SSSR count). The van der Waals surface area contributed by atoms with Crippen LogP contribution in [0, 0.1) is 17.8 Å². The second-order valence-electron chi connectivity index (χ2n) is 31.8. The Labute approximate surface area is 638 Å². The molecule has 0 saturated carbocycles. The lowest BCUT2D eigenvalue weighted by molar-refractivity contribution is -0.161. The minimum Gasteiger partial charge on any atom is -0.462 e. The van der Waals surface area contributed by atoms with E-state index in [4.69, 9.17) is 37.0 Å². The largest absolute Gasteiger partial charge is 0.472 e. The lowest BCUT2D eigenvalue weighted by atomic mass is 9.99. The molecule has 19 heteroatoms. The number of carbonyl (C=O) groups is 4. The van der Waals surface area contributed by atoms with Crippen LogP contribution in [-0.2, 0) is 65.4 Å². The van der Waals surface area contributed by atoms with Gasteiger partial charge in [0.15, 0.2) is 12.2 Å². The molecule has 0 aliphatic rings. The molecule has 104 heavy (non-hydrogen) atoms. The van der Waals surface area contributed by atoms with Crippen LogP contribution in [0.2, 0.25) is 0 Å². The van der Waals surface area contributed by atoms with Crippen molar-refractivity contribution in [3.8, 4) is 0 Å². The normalized spacial score (nSPS) is 14.2. The molecule has 3 unspecified atom stereocenters. The van der Waals surface area contributed by atoms with E-state index in [-0.39, 0.29) is 25.7 Å². The summed E-state index contributed by atoms with van der Waals surface area (Å²) in [5, 5.41) is 10.7. The number of unbranched alkanes of at least 4 members (excludes halogenated alkanes) is 50. The molecule has 3 N–H and O–H groups in total. The molecule has 618 valence electrons. The average Bonchev–Trinajstić information content (AvgIpc) is 0.913. The Morgan fingerprint density at radius 3 is 0.731 bits per heavy atom. The topological polar surface area (TPSA) is 237 Å². The van der Waals surface area contributed by atoms with Crippen LogP contribution in [0.1, 0.15) is 447 Å². The Hall–Kier alpha value is -1.94. The van der Waals surface area contributed by atoms with E-state index in [1.165, 1.54) is 250 Å². The molecule has 0 spiro atoms. The smallest absolute Gasteiger partial charge is 0.462 e. The van der Waals surface area contributed by atoms with Crippen molar-refractivity contribution in [3.05, 3.63) is 0 Å². The maximum Gasteiger partial charge on any atom is 0.472 e. The highest BCUT2D eigenvalue weighted by Crippen LogP contribution is 2.45. The van der Waals surface area contributed by atoms with Crippen molar-refractivity contribution in [2.24, 2.45) is 17.8 Å². The number of aliphatic hydroxyl groups is 1. The molecule has 0 fully saturated rings. The highest BCUT2D eigenvalue weighted by molar-refractivity contribution is 7.47. The number of phosphoric ester groups is 2. The molecule has 0 amide bonds. The first-order valence-corrected chi connectivity index (χ1v) is 46.9. The highest BCUT2D eigenvalue weighted by Gasteiger charge is 2.30. The zero-order valence-electron chi connectivity index (χ0n) is 68.5. The van der Waals surface area contributed by atoms with Gasteiger partial charge in [-0.05, 0) is 43.4 Å². The molecule has 0 bridgehead atoms. The third-order valence-electron chi connectivity index (χ3n) is 20.2. The Morgan fingerprint density at radius 2 is 0.490 bits per heavy atom. The van der Waals surface area contributed by atoms with Gasteiger partial charge in [-0.2, -0.15) is 0 Å². The van der Waals surface area contributed by atoms with Crippen molar-refractivity contribution in [2.75, 3.05) is 39.6 Å². The molecular weight excluding hydrogens is 1350 g/mol. The Kier molecular flexibility index (Phi) is 73.7. The Bertz CT molecular complexity index is 2010. The van der Waals surface area contributed by atoms with Crippen molar-refractivity contribution in [1.82, 2.24) is 0 Å². The summed E-state index contributed by atoms with van der Waals surface area (Å²) < 4.78 is 68.8. The molecule has 0 aliphatic heterocycles. The fourth-order valence-corrected chi connectivity index (χ4v) is 14.7. The first-order chi connectivity index (χ1) is 50.3. The van der Waals surface area contributed by atoms with Crippen molar-refractivity contribution in [1.29, 1.82) is 0 Å². The van der Waals surface area contributed by atoms with Gasteiger partial charge in [-0.15, -0.1) is 0 Å². The van der Waals surface area contributed by atoms with Gasteiger partial charge in [0.1, 0.15) is 19.3 Å². The predicted molar refractivity (Wildman–Crippen MR) is 428 cm³/mol. The zero-order chi connectivity index (χ0) is 76.5. The van der Waals surface area contributed by atoms with Crippen LogP contribution in [0.15, 0.2) is 0 Å². The quantitative estimate of drug-likeness (QED) is 0.0222. The lowest BCUT2D eigenvalue weighted by Crippen LogP contribution is -2.30. The van der Waals surface area contributed by atoms with Gasteiger partial charge in [-0.3, -0.25) is 37.3 Å². The van der Waals surface area contributed by atoms with Gasteiger partial charge in [-0.1, -0.05) is 395 Å². The number of ether oxygens (including phenoxy) is 4. The fourth-order valence-electron chi connectivity index (χ4n) is 13.2. The first kappa shape index (κ1) is 102. The van der Waals surface area contributed by atoms with Crippen LogP contribution in [0.5, 0.6) is 0 Å². The summed E-state index contributed by atoms with van der Waals surface area (Å²) in [6, 6.07) is 0. The molecule has 0 aromatic carbocycles. The van der Waals surface area contributed by atoms with Gasteiger partial charge in [0.25, 0.3) is 0 Å². The summed E-state index contributed by atoms with van der Waals surface area (Å²) in [6.07, 6.45) is 65.3. The molecule has 17 nitrogen and oxygen atoms in total. The molecule has 6 atom stereocenters. The minimum absolute atomic E-state index is 0.106. The van der Waals surface area contributed by atoms with Crippen molar-refractivity contribution < 1.29 is 80.2 Å². The fraction of sp³-hybridized carbons (Fsp3) is 0.953. The monoisotopic (exact) mass is 1520 g/mol. The molecule has 0 saturated heterocycles. The van der Waals surface area contributed by atoms with E-state index in [2.05, 4.69) is 48.5 Å². The summed E-state index contributed by atoms with van der Waals surface area (Å²) in [5.41, 5.74) is 0. The van der Waals surface area contributed by atoms with Crippen LogP contribution in [0.4, 0.5) is 0 Å². The lowest BCUT2D eigenvalue weighted by Gasteiger charge is -2.21. The number of rotatable bonds is 83. The van der Waals surface area contributed by atoms with Crippen LogP contribution >= 0.6 is 15.6 Å². The van der Waals surface area contributed by atoms with Crippen LogP contribution in [0.25, 0.3) is 0 Å². The average molecular weight is 1520 g/mol. The van der Waals surface area contributed by atoms with Gasteiger partial charge in [0.2, 0.25) is 0 Å². The van der Waals surface area contributed by atoms with Gasteiger partial charge < -0.3 is 33.8 Å². The van der Waals surface area contributed by atoms with Crippen molar-refractivity contribution in [3.63, 3.8) is 0 Å². The third kappa shape index (κ3) is 76.8. The van der Waals surface area contributed by atoms with Crippen LogP contribution < -0.4 is 0 Å². The molecule has 0 aromatic rings. The number of carbonyl (C=O) groups excluding carboxylic acids is 4. The number of aliphatic hydroxyl groups excluding tert-OH is 1. The Balaban J connectivity index is 5.22. The van der Waals surface area contributed by atoms with Crippen LogP contribution in [0.3, 0.4) is 0 Å². The van der Waals surface area contributed by atoms with Gasteiger partial charge in [-0.25, -0.2) is 9.13 Å². The molecule has 0 radical (unpaired) electrons. The van der Waals surface area contributed by atoms with E-state index in [1.807, 2.05) is 0 Å². The second kappa shape index (κ2) is 75.1.